The van der Waals surface area contributed by atoms with Crippen LogP contribution in [0.1, 0.15) is 5.69 Å². The van der Waals surface area contributed by atoms with Crippen LogP contribution in [-0.4, -0.2) is 28.4 Å². The lowest BCUT2D eigenvalue weighted by Gasteiger charge is -2.09. The number of hydrogen-bond acceptors (Lipinski definition) is 4. The molecule has 6 heteroatoms. The van der Waals surface area contributed by atoms with Gasteiger partial charge in [-0.1, -0.05) is 11.3 Å². The summed E-state index contributed by atoms with van der Waals surface area (Å²) in [5.41, 5.74) is 3.62. The van der Waals surface area contributed by atoms with Gasteiger partial charge in [-0.2, -0.15) is 0 Å². The molecule has 0 radical (unpaired) electrons. The molecule has 118 valence electrons. The summed E-state index contributed by atoms with van der Waals surface area (Å²) in [5, 5.41) is 8.52. The van der Waals surface area contributed by atoms with Crippen molar-refractivity contribution in [2.45, 2.75) is 10.8 Å². The van der Waals surface area contributed by atoms with Crippen molar-refractivity contribution in [3.63, 3.8) is 0 Å². The van der Waals surface area contributed by atoms with Crippen molar-refractivity contribution in [2.24, 2.45) is 0 Å². The van der Waals surface area contributed by atoms with Crippen LogP contribution in [0.3, 0.4) is 0 Å². The van der Waals surface area contributed by atoms with Crippen LogP contribution in [-0.2, 0) is 5.88 Å². The van der Waals surface area contributed by atoms with Crippen LogP contribution in [0.4, 0.5) is 0 Å². The smallest absolute Gasteiger partial charge is 0.118 e. The minimum Gasteiger partial charge on any atom is -0.497 e. The Morgan fingerprint density at radius 1 is 1.17 bits per heavy atom. The topological polar surface area (TPSA) is 39.9 Å². The normalized spacial score (nSPS) is 10.7. The van der Waals surface area contributed by atoms with Gasteiger partial charge in [0.2, 0.25) is 0 Å². The fourth-order valence-electron chi connectivity index (χ4n) is 2.36. The molecule has 23 heavy (non-hydrogen) atoms. The fourth-order valence-corrected chi connectivity index (χ4v) is 3.00. The average molecular weight is 346 g/mol. The molecule has 3 rings (SSSR count). The minimum absolute atomic E-state index is 0.309. The molecule has 1 aromatic heterocycles. The van der Waals surface area contributed by atoms with E-state index in [9.17, 15) is 0 Å². The van der Waals surface area contributed by atoms with Gasteiger partial charge in [-0.15, -0.1) is 28.5 Å². The van der Waals surface area contributed by atoms with E-state index >= 15 is 0 Å². The van der Waals surface area contributed by atoms with Crippen molar-refractivity contribution in [1.82, 2.24) is 15.0 Å². The Labute approximate surface area is 144 Å². The molecule has 0 unspecified atom stereocenters. The zero-order valence-electron chi connectivity index (χ0n) is 12.9. The van der Waals surface area contributed by atoms with Crippen LogP contribution < -0.4 is 4.74 Å². The Hall–Kier alpha value is -1.98. The van der Waals surface area contributed by atoms with Crippen molar-refractivity contribution in [2.75, 3.05) is 13.4 Å². The monoisotopic (exact) mass is 345 g/mol. The molecule has 1 heterocycles. The molecule has 0 amide bonds. The maximum absolute atomic E-state index is 6.06. The second-order valence-corrected chi connectivity index (χ2v) is 6.01. The van der Waals surface area contributed by atoms with E-state index in [4.69, 9.17) is 16.3 Å². The quantitative estimate of drug-likeness (QED) is 0.507. The lowest BCUT2D eigenvalue weighted by atomic mass is 10.1. The van der Waals surface area contributed by atoms with Crippen LogP contribution in [0.15, 0.2) is 53.4 Å². The number of rotatable bonds is 5. The summed E-state index contributed by atoms with van der Waals surface area (Å²) in [6.07, 6.45) is 2.05. The molecule has 0 N–H and O–H groups in total. The Morgan fingerprint density at radius 3 is 2.61 bits per heavy atom. The largest absolute Gasteiger partial charge is 0.497 e. The summed E-state index contributed by atoms with van der Waals surface area (Å²) < 4.78 is 7.05. The van der Waals surface area contributed by atoms with Crippen LogP contribution in [0, 0.1) is 0 Å². The molecule has 0 aliphatic rings. The Bertz CT molecular complexity index is 802. The van der Waals surface area contributed by atoms with E-state index in [2.05, 4.69) is 28.7 Å². The highest BCUT2D eigenvalue weighted by atomic mass is 35.5. The lowest BCUT2D eigenvalue weighted by molar-refractivity contribution is 0.415. The van der Waals surface area contributed by atoms with Crippen LogP contribution in [0.2, 0.25) is 0 Å². The van der Waals surface area contributed by atoms with E-state index < -0.39 is 0 Å². The van der Waals surface area contributed by atoms with E-state index in [1.807, 2.05) is 41.1 Å². The van der Waals surface area contributed by atoms with E-state index in [0.717, 1.165) is 28.4 Å². The van der Waals surface area contributed by atoms with Crippen LogP contribution >= 0.6 is 23.4 Å². The molecule has 2 aromatic carbocycles. The molecule has 0 aliphatic heterocycles. The third-order valence-electron chi connectivity index (χ3n) is 3.53. The molecule has 4 nitrogen and oxygen atoms in total. The SMILES string of the molecule is COc1ccc(-c2c(CCl)nnn2-c2cccc(SC)c2)cc1. The summed E-state index contributed by atoms with van der Waals surface area (Å²) in [7, 11) is 1.65. The predicted octanol–water partition coefficient (Wildman–Crippen LogP) is 4.40. The summed E-state index contributed by atoms with van der Waals surface area (Å²) in [6, 6.07) is 16.0. The molecule has 0 saturated heterocycles. The second-order valence-electron chi connectivity index (χ2n) is 4.86. The van der Waals surface area contributed by atoms with Crippen molar-refractivity contribution >= 4 is 23.4 Å². The maximum atomic E-state index is 6.06. The van der Waals surface area contributed by atoms with E-state index in [1.54, 1.807) is 18.9 Å². The van der Waals surface area contributed by atoms with Crippen molar-refractivity contribution in [3.8, 4) is 22.7 Å². The van der Waals surface area contributed by atoms with Gasteiger partial charge in [0.05, 0.1) is 24.4 Å². The van der Waals surface area contributed by atoms with Gasteiger partial charge in [-0.05, 0) is 48.7 Å². The highest BCUT2D eigenvalue weighted by Gasteiger charge is 2.16. The van der Waals surface area contributed by atoms with E-state index in [0.29, 0.717) is 5.88 Å². The number of aromatic nitrogens is 3. The minimum atomic E-state index is 0.309. The average Bonchev–Trinajstić information content (AvgIpc) is 3.06. The van der Waals surface area contributed by atoms with Crippen molar-refractivity contribution in [1.29, 1.82) is 0 Å². The third kappa shape index (κ3) is 3.21. The fraction of sp³-hybridized carbons (Fsp3) is 0.176. The highest BCUT2D eigenvalue weighted by molar-refractivity contribution is 7.98. The summed E-state index contributed by atoms with van der Waals surface area (Å²) in [4.78, 5) is 1.17. The molecule has 0 atom stereocenters. The summed E-state index contributed by atoms with van der Waals surface area (Å²) in [5.74, 6) is 1.12. The van der Waals surface area contributed by atoms with Gasteiger partial charge in [-0.3, -0.25) is 0 Å². The Kier molecular flexibility index (Phi) is 4.88. The number of alkyl halides is 1. The number of halogens is 1. The predicted molar refractivity (Wildman–Crippen MR) is 94.7 cm³/mol. The highest BCUT2D eigenvalue weighted by Crippen LogP contribution is 2.29. The van der Waals surface area contributed by atoms with Gasteiger partial charge < -0.3 is 4.74 Å². The van der Waals surface area contributed by atoms with Crippen molar-refractivity contribution < 1.29 is 4.74 Å². The van der Waals surface area contributed by atoms with Gasteiger partial charge in [0.25, 0.3) is 0 Å². The lowest BCUT2D eigenvalue weighted by Crippen LogP contribution is -2.00. The molecule has 0 aliphatic carbocycles. The molecular weight excluding hydrogens is 330 g/mol. The molecule has 0 bridgehead atoms. The Balaban J connectivity index is 2.12. The van der Waals surface area contributed by atoms with Gasteiger partial charge >= 0.3 is 0 Å². The number of methoxy groups -OCH3 is 1. The van der Waals surface area contributed by atoms with E-state index in [1.165, 1.54) is 4.90 Å². The summed E-state index contributed by atoms with van der Waals surface area (Å²) >= 11 is 7.75. The molecule has 3 aromatic rings. The van der Waals surface area contributed by atoms with Crippen LogP contribution in [0.5, 0.6) is 5.75 Å². The van der Waals surface area contributed by atoms with E-state index in [-0.39, 0.29) is 0 Å². The Morgan fingerprint density at radius 2 is 1.96 bits per heavy atom. The first kappa shape index (κ1) is 15.9. The second kappa shape index (κ2) is 7.06. The number of nitrogens with zero attached hydrogens (tertiary/aromatic N) is 3. The maximum Gasteiger partial charge on any atom is 0.118 e. The first-order chi connectivity index (χ1) is 11.3. The number of thioether (sulfide) groups is 1. The molecule has 0 fully saturated rings. The van der Waals surface area contributed by atoms with Gasteiger partial charge in [-0.25, -0.2) is 4.68 Å². The number of hydrogen-bond donors (Lipinski definition) is 0. The molecule has 0 saturated carbocycles. The first-order valence-corrected chi connectivity index (χ1v) is 8.82. The zero-order valence-corrected chi connectivity index (χ0v) is 14.4. The molecular formula is C17H16ClN3OS. The van der Waals surface area contributed by atoms with Gasteiger partial charge in [0.1, 0.15) is 11.4 Å². The number of benzene rings is 2. The standard InChI is InChI=1S/C17H16ClN3OS/c1-22-14-8-6-12(7-9-14)17-16(11-18)19-20-21(17)13-4-3-5-15(10-13)23-2/h3-10H,11H2,1-2H3. The molecule has 0 spiro atoms. The van der Waals surface area contributed by atoms with Crippen molar-refractivity contribution in [3.05, 3.63) is 54.2 Å². The third-order valence-corrected chi connectivity index (χ3v) is 4.51. The first-order valence-electron chi connectivity index (χ1n) is 7.06. The zero-order chi connectivity index (χ0) is 16.2. The van der Waals surface area contributed by atoms with Gasteiger partial charge in [0.15, 0.2) is 0 Å². The summed E-state index contributed by atoms with van der Waals surface area (Å²) in [6.45, 7) is 0. The number of ether oxygens (including phenoxy) is 1. The van der Waals surface area contributed by atoms with Crippen LogP contribution in [0.25, 0.3) is 16.9 Å². The van der Waals surface area contributed by atoms with Gasteiger partial charge in [0, 0.05) is 10.5 Å².